The van der Waals surface area contributed by atoms with Gasteiger partial charge in [0.25, 0.3) is 0 Å². The summed E-state index contributed by atoms with van der Waals surface area (Å²) in [7, 11) is 1.59. The van der Waals surface area contributed by atoms with Gasteiger partial charge in [0.15, 0.2) is 0 Å². The van der Waals surface area contributed by atoms with Crippen molar-refractivity contribution in [3.05, 3.63) is 83.9 Å². The molecule has 1 N–H and O–H groups in total. The maximum Gasteiger partial charge on any atom is 0.229 e. The summed E-state index contributed by atoms with van der Waals surface area (Å²) in [6.07, 6.45) is 0.189. The summed E-state index contributed by atoms with van der Waals surface area (Å²) in [6, 6.07) is 24.3. The van der Waals surface area contributed by atoms with Crippen molar-refractivity contribution in [2.75, 3.05) is 55.0 Å². The Hall–Kier alpha value is -3.84. The van der Waals surface area contributed by atoms with E-state index in [1.807, 2.05) is 37.3 Å². The normalized spacial score (nSPS) is 18.2. The molecule has 7 nitrogen and oxygen atoms in total. The number of benzene rings is 3. The zero-order valence-corrected chi connectivity index (χ0v) is 21.5. The van der Waals surface area contributed by atoms with E-state index in [-0.39, 0.29) is 18.2 Å². The molecular formula is C30H34N4O3. The minimum absolute atomic E-state index is 0.0641. The summed E-state index contributed by atoms with van der Waals surface area (Å²) in [4.78, 5) is 32.3. The number of carbonyl (C=O) groups is 2. The number of piperazine rings is 1. The standard InChI is InChI=1S/C30H34N4O3/c1-22-8-13-28(37-2)27(18-22)34-21-24(19-29(34)35)30(36)31-25-9-11-26(12-10-25)33-16-14-32(15-17-33)20-23-6-4-3-5-7-23/h3-13,18,24H,14-17,19-21H2,1-2H3,(H,31,36). The van der Waals surface area contributed by atoms with E-state index in [4.69, 9.17) is 4.74 Å². The van der Waals surface area contributed by atoms with Crippen LogP contribution >= 0.6 is 0 Å². The lowest BCUT2D eigenvalue weighted by molar-refractivity contribution is -0.122. The zero-order valence-electron chi connectivity index (χ0n) is 21.5. The van der Waals surface area contributed by atoms with E-state index in [1.165, 1.54) is 5.56 Å². The first-order valence-corrected chi connectivity index (χ1v) is 12.9. The van der Waals surface area contributed by atoms with Gasteiger partial charge in [0.05, 0.1) is 18.7 Å². The molecule has 2 aliphatic heterocycles. The molecule has 0 radical (unpaired) electrons. The third-order valence-electron chi connectivity index (χ3n) is 7.24. The minimum atomic E-state index is -0.407. The summed E-state index contributed by atoms with van der Waals surface area (Å²) >= 11 is 0. The van der Waals surface area contributed by atoms with E-state index in [9.17, 15) is 9.59 Å². The monoisotopic (exact) mass is 498 g/mol. The van der Waals surface area contributed by atoms with Gasteiger partial charge in [-0.3, -0.25) is 14.5 Å². The molecule has 0 aromatic heterocycles. The van der Waals surface area contributed by atoms with E-state index >= 15 is 0 Å². The Morgan fingerprint density at radius 3 is 2.41 bits per heavy atom. The molecule has 0 saturated carbocycles. The second-order valence-corrected chi connectivity index (χ2v) is 9.87. The van der Waals surface area contributed by atoms with Crippen LogP contribution in [0.25, 0.3) is 0 Å². The molecular weight excluding hydrogens is 464 g/mol. The lowest BCUT2D eigenvalue weighted by Crippen LogP contribution is -2.45. The highest BCUT2D eigenvalue weighted by Crippen LogP contribution is 2.34. The first kappa shape index (κ1) is 24.8. The van der Waals surface area contributed by atoms with Crippen molar-refractivity contribution in [1.82, 2.24) is 4.90 Å². The molecule has 2 aliphatic rings. The van der Waals surface area contributed by atoms with E-state index in [1.54, 1.807) is 12.0 Å². The number of ether oxygens (including phenoxy) is 1. The SMILES string of the molecule is COc1ccc(C)cc1N1CC(C(=O)Nc2ccc(N3CCN(Cc4ccccc4)CC3)cc2)CC1=O. The number of nitrogens with one attached hydrogen (secondary N) is 1. The molecule has 0 aliphatic carbocycles. The smallest absolute Gasteiger partial charge is 0.229 e. The number of rotatable bonds is 7. The highest BCUT2D eigenvalue weighted by atomic mass is 16.5. The average Bonchev–Trinajstić information content (AvgIpc) is 3.32. The van der Waals surface area contributed by atoms with Crippen LogP contribution in [0.4, 0.5) is 17.1 Å². The number of hydrogen-bond acceptors (Lipinski definition) is 5. The van der Waals surface area contributed by atoms with Crippen molar-refractivity contribution in [2.45, 2.75) is 19.9 Å². The van der Waals surface area contributed by atoms with Crippen molar-refractivity contribution in [1.29, 1.82) is 0 Å². The van der Waals surface area contributed by atoms with Gasteiger partial charge >= 0.3 is 0 Å². The van der Waals surface area contributed by atoms with Crippen molar-refractivity contribution in [2.24, 2.45) is 5.92 Å². The molecule has 2 heterocycles. The predicted octanol–water partition coefficient (Wildman–Crippen LogP) is 4.32. The highest BCUT2D eigenvalue weighted by molar-refractivity contribution is 6.04. The second kappa shape index (κ2) is 11.0. The van der Waals surface area contributed by atoms with Gasteiger partial charge in [-0.2, -0.15) is 0 Å². The fourth-order valence-corrected chi connectivity index (χ4v) is 5.13. The van der Waals surface area contributed by atoms with Crippen LogP contribution in [0.5, 0.6) is 5.75 Å². The largest absolute Gasteiger partial charge is 0.495 e. The van der Waals surface area contributed by atoms with Crippen molar-refractivity contribution in [3.63, 3.8) is 0 Å². The van der Waals surface area contributed by atoms with E-state index in [2.05, 4.69) is 57.6 Å². The number of amides is 2. The fraction of sp³-hybridized carbons (Fsp3) is 0.333. The molecule has 3 aromatic carbocycles. The van der Waals surface area contributed by atoms with Gasteiger partial charge in [-0.1, -0.05) is 36.4 Å². The third-order valence-corrected chi connectivity index (χ3v) is 7.24. The number of nitrogens with zero attached hydrogens (tertiary/aromatic N) is 3. The Labute approximate surface area is 218 Å². The molecule has 2 fully saturated rings. The van der Waals surface area contributed by atoms with Crippen LogP contribution in [0.1, 0.15) is 17.5 Å². The predicted molar refractivity (Wildman–Crippen MR) is 147 cm³/mol. The molecule has 5 rings (SSSR count). The molecule has 2 saturated heterocycles. The maximum absolute atomic E-state index is 13.0. The molecule has 2 amide bonds. The Bertz CT molecular complexity index is 1240. The van der Waals surface area contributed by atoms with E-state index < -0.39 is 5.92 Å². The molecule has 37 heavy (non-hydrogen) atoms. The topological polar surface area (TPSA) is 65.1 Å². The van der Waals surface area contributed by atoms with E-state index in [0.717, 1.165) is 55.3 Å². The molecule has 1 atom stereocenters. The summed E-state index contributed by atoms with van der Waals surface area (Å²) < 4.78 is 5.45. The Balaban J connectivity index is 1.15. The van der Waals surface area contributed by atoms with Gasteiger partial charge in [-0.25, -0.2) is 0 Å². The third kappa shape index (κ3) is 5.78. The highest BCUT2D eigenvalue weighted by Gasteiger charge is 2.36. The van der Waals surface area contributed by atoms with E-state index in [0.29, 0.717) is 12.3 Å². The summed E-state index contributed by atoms with van der Waals surface area (Å²) in [5, 5.41) is 3.01. The molecule has 3 aromatic rings. The number of hydrogen-bond donors (Lipinski definition) is 1. The summed E-state index contributed by atoms with van der Waals surface area (Å²) in [6.45, 7) is 7.29. The molecule has 1 unspecified atom stereocenters. The maximum atomic E-state index is 13.0. The molecule has 0 spiro atoms. The lowest BCUT2D eigenvalue weighted by atomic mass is 10.1. The first-order chi connectivity index (χ1) is 18.0. The average molecular weight is 499 g/mol. The van der Waals surface area contributed by atoms with Crippen LogP contribution in [0.3, 0.4) is 0 Å². The van der Waals surface area contributed by atoms with Gasteiger partial charge in [0.1, 0.15) is 5.75 Å². The van der Waals surface area contributed by atoms with Gasteiger partial charge in [0.2, 0.25) is 11.8 Å². The van der Waals surface area contributed by atoms with Gasteiger partial charge < -0.3 is 19.9 Å². The van der Waals surface area contributed by atoms with Crippen LogP contribution < -0.4 is 19.9 Å². The van der Waals surface area contributed by atoms with Crippen LogP contribution in [0.2, 0.25) is 0 Å². The van der Waals surface area contributed by atoms with Crippen molar-refractivity contribution >= 4 is 28.9 Å². The van der Waals surface area contributed by atoms with Gasteiger partial charge in [-0.05, 0) is 54.4 Å². The first-order valence-electron chi connectivity index (χ1n) is 12.9. The Kier molecular flexibility index (Phi) is 7.42. The Morgan fingerprint density at radius 2 is 1.70 bits per heavy atom. The van der Waals surface area contributed by atoms with Crippen LogP contribution in [0, 0.1) is 12.8 Å². The van der Waals surface area contributed by atoms with Gasteiger partial charge in [-0.15, -0.1) is 0 Å². The zero-order chi connectivity index (χ0) is 25.8. The van der Waals surface area contributed by atoms with Crippen molar-refractivity contribution in [3.8, 4) is 5.75 Å². The molecule has 0 bridgehead atoms. The number of aryl methyl sites for hydroxylation is 1. The quantitative estimate of drug-likeness (QED) is 0.526. The molecule has 192 valence electrons. The number of carbonyl (C=O) groups excluding carboxylic acids is 2. The summed E-state index contributed by atoms with van der Waals surface area (Å²) in [5.41, 5.74) is 5.01. The molecule has 7 heteroatoms. The van der Waals surface area contributed by atoms with Crippen LogP contribution in [-0.4, -0.2) is 56.5 Å². The summed E-state index contributed by atoms with van der Waals surface area (Å²) in [5.74, 6) is 0.0298. The minimum Gasteiger partial charge on any atom is -0.495 e. The fourth-order valence-electron chi connectivity index (χ4n) is 5.13. The lowest BCUT2D eigenvalue weighted by Gasteiger charge is -2.36. The number of anilines is 3. The Morgan fingerprint density at radius 1 is 0.973 bits per heavy atom. The van der Waals surface area contributed by atoms with Crippen LogP contribution in [0.15, 0.2) is 72.8 Å². The van der Waals surface area contributed by atoms with Crippen LogP contribution in [-0.2, 0) is 16.1 Å². The van der Waals surface area contributed by atoms with Crippen molar-refractivity contribution < 1.29 is 14.3 Å². The second-order valence-electron chi connectivity index (χ2n) is 9.87. The van der Waals surface area contributed by atoms with Gasteiger partial charge in [0, 0.05) is 57.1 Å². The number of methoxy groups -OCH3 is 1.